The number of ether oxygens (including phenoxy) is 1. The molecule has 35 heavy (non-hydrogen) atoms. The molecule has 0 spiro atoms. The van der Waals surface area contributed by atoms with Crippen LogP contribution in [0.1, 0.15) is 22.3 Å². The molecule has 0 N–H and O–H groups in total. The van der Waals surface area contributed by atoms with Crippen LogP contribution < -0.4 is 10.2 Å². The number of halogens is 3. The van der Waals surface area contributed by atoms with Gasteiger partial charge >= 0.3 is 6.18 Å². The van der Waals surface area contributed by atoms with Crippen molar-refractivity contribution in [3.8, 4) is 11.4 Å². The smallest absolute Gasteiger partial charge is 0.416 e. The minimum absolute atomic E-state index is 0.0336. The van der Waals surface area contributed by atoms with E-state index in [4.69, 9.17) is 9.15 Å². The minimum Gasteiger partial charge on any atom is -0.489 e. The molecule has 0 bridgehead atoms. The Balaban J connectivity index is 1.31. The highest BCUT2D eigenvalue weighted by Crippen LogP contribution is 2.30. The van der Waals surface area contributed by atoms with E-state index >= 15 is 0 Å². The van der Waals surface area contributed by atoms with Gasteiger partial charge < -0.3 is 9.15 Å². The molecule has 0 unspecified atom stereocenters. The topological polar surface area (TPSA) is 57.3 Å². The molecule has 176 valence electrons. The van der Waals surface area contributed by atoms with Gasteiger partial charge in [-0.25, -0.2) is 4.68 Å². The summed E-state index contributed by atoms with van der Waals surface area (Å²) in [4.78, 5) is 12.9. The second-order valence-electron chi connectivity index (χ2n) is 8.04. The highest BCUT2D eigenvalue weighted by atomic mass is 19.4. The molecule has 8 heteroatoms. The third-order valence-corrected chi connectivity index (χ3v) is 5.53. The standard InChI is InChI=1S/C27H19F3N2O3/c28-27(29,30)21-6-4-5-18(12-21)11-20-17-35-25-13-23(9-10-24(25)26(20)33)34-16-19-14-31-32(15-19)22-7-2-1-3-8-22/h1-10,12-15,17H,11,16H2. The Morgan fingerprint density at radius 3 is 2.57 bits per heavy atom. The van der Waals surface area contributed by atoms with E-state index in [1.54, 1.807) is 35.1 Å². The van der Waals surface area contributed by atoms with Crippen LogP contribution in [0, 0.1) is 0 Å². The molecule has 0 aliphatic carbocycles. The zero-order valence-electron chi connectivity index (χ0n) is 18.3. The van der Waals surface area contributed by atoms with Gasteiger partial charge in [0.2, 0.25) is 0 Å². The van der Waals surface area contributed by atoms with Crippen molar-refractivity contribution in [2.75, 3.05) is 0 Å². The van der Waals surface area contributed by atoms with Crippen molar-refractivity contribution in [1.29, 1.82) is 0 Å². The molecule has 0 aliphatic heterocycles. The van der Waals surface area contributed by atoms with Gasteiger partial charge in [0.1, 0.15) is 17.9 Å². The second-order valence-corrected chi connectivity index (χ2v) is 8.04. The van der Waals surface area contributed by atoms with E-state index < -0.39 is 11.7 Å². The Kier molecular flexibility index (Phi) is 5.86. The van der Waals surface area contributed by atoms with Gasteiger partial charge in [0, 0.05) is 29.8 Å². The summed E-state index contributed by atoms with van der Waals surface area (Å²) in [6.07, 6.45) is 0.468. The van der Waals surface area contributed by atoms with Crippen molar-refractivity contribution < 1.29 is 22.3 Å². The van der Waals surface area contributed by atoms with Gasteiger partial charge in [-0.1, -0.05) is 36.4 Å². The predicted molar refractivity (Wildman–Crippen MR) is 125 cm³/mol. The van der Waals surface area contributed by atoms with E-state index in [9.17, 15) is 18.0 Å². The van der Waals surface area contributed by atoms with Gasteiger partial charge in [-0.3, -0.25) is 4.79 Å². The van der Waals surface area contributed by atoms with Crippen LogP contribution in [0.5, 0.6) is 5.75 Å². The molecule has 0 atom stereocenters. The summed E-state index contributed by atoms with van der Waals surface area (Å²) < 4.78 is 52.2. The lowest BCUT2D eigenvalue weighted by Gasteiger charge is -2.09. The molecular weight excluding hydrogens is 457 g/mol. The van der Waals surface area contributed by atoms with E-state index in [0.717, 1.165) is 23.4 Å². The number of para-hydroxylation sites is 1. The molecule has 0 saturated heterocycles. The number of hydrogen-bond donors (Lipinski definition) is 0. The molecule has 0 amide bonds. The fourth-order valence-electron chi connectivity index (χ4n) is 3.76. The largest absolute Gasteiger partial charge is 0.489 e. The van der Waals surface area contributed by atoms with Crippen molar-refractivity contribution in [3.63, 3.8) is 0 Å². The Labute approximate surface area is 198 Å². The molecule has 5 aromatic rings. The predicted octanol–water partition coefficient (Wildman–Crippen LogP) is 6.17. The van der Waals surface area contributed by atoms with E-state index in [-0.39, 0.29) is 24.0 Å². The lowest BCUT2D eigenvalue weighted by Crippen LogP contribution is -2.10. The molecule has 0 radical (unpaired) electrons. The summed E-state index contributed by atoms with van der Waals surface area (Å²) in [5, 5.41) is 4.67. The normalized spacial score (nSPS) is 11.6. The SMILES string of the molecule is O=c1c(Cc2cccc(C(F)(F)F)c2)coc2cc(OCc3cnn(-c4ccccc4)c3)ccc12. The summed E-state index contributed by atoms with van der Waals surface area (Å²) in [7, 11) is 0. The number of nitrogens with zero attached hydrogens (tertiary/aromatic N) is 2. The molecular formula is C27H19F3N2O3. The first kappa shape index (κ1) is 22.5. The Hall–Kier alpha value is -4.33. The highest BCUT2D eigenvalue weighted by molar-refractivity contribution is 5.78. The van der Waals surface area contributed by atoms with Gasteiger partial charge in [0.25, 0.3) is 0 Å². The first-order valence-corrected chi connectivity index (χ1v) is 10.8. The molecule has 2 heterocycles. The zero-order chi connectivity index (χ0) is 24.4. The first-order chi connectivity index (χ1) is 16.9. The molecule has 5 rings (SSSR count). The average Bonchev–Trinajstić information content (AvgIpc) is 3.34. The first-order valence-electron chi connectivity index (χ1n) is 10.8. The minimum atomic E-state index is -4.44. The van der Waals surface area contributed by atoms with E-state index in [2.05, 4.69) is 5.10 Å². The lowest BCUT2D eigenvalue weighted by atomic mass is 10.0. The maximum atomic E-state index is 13.0. The fourth-order valence-corrected chi connectivity index (χ4v) is 3.76. The van der Waals surface area contributed by atoms with Crippen molar-refractivity contribution in [3.05, 3.63) is 124 Å². The summed E-state index contributed by atoms with van der Waals surface area (Å²) in [5.41, 5.74) is 1.75. The van der Waals surface area contributed by atoms with Crippen LogP contribution in [0.3, 0.4) is 0 Å². The Morgan fingerprint density at radius 2 is 1.77 bits per heavy atom. The van der Waals surface area contributed by atoms with Crippen LogP contribution >= 0.6 is 0 Å². The molecule has 0 fully saturated rings. The summed E-state index contributed by atoms with van der Waals surface area (Å²) >= 11 is 0. The van der Waals surface area contributed by atoms with Gasteiger partial charge in [0.15, 0.2) is 5.43 Å². The maximum absolute atomic E-state index is 13.0. The summed E-state index contributed by atoms with van der Waals surface area (Å²) in [5.74, 6) is 0.513. The van der Waals surface area contributed by atoms with E-state index in [0.29, 0.717) is 22.3 Å². The number of benzene rings is 3. The van der Waals surface area contributed by atoms with Crippen molar-refractivity contribution in [2.45, 2.75) is 19.2 Å². The van der Waals surface area contributed by atoms with Crippen LogP contribution in [-0.4, -0.2) is 9.78 Å². The quantitative estimate of drug-likeness (QED) is 0.294. The number of aromatic nitrogens is 2. The average molecular weight is 476 g/mol. The van der Waals surface area contributed by atoms with Gasteiger partial charge in [-0.15, -0.1) is 0 Å². The number of fused-ring (bicyclic) bond motifs is 1. The number of alkyl halides is 3. The van der Waals surface area contributed by atoms with Gasteiger partial charge in [-0.05, 0) is 35.9 Å². The fraction of sp³-hybridized carbons (Fsp3) is 0.111. The summed E-state index contributed by atoms with van der Waals surface area (Å²) in [6, 6.07) is 19.5. The third kappa shape index (κ3) is 4.96. The maximum Gasteiger partial charge on any atom is 0.416 e. The van der Waals surface area contributed by atoms with Crippen LogP contribution in [0.4, 0.5) is 13.2 Å². The number of rotatable bonds is 6. The molecule has 0 aliphatic rings. The summed E-state index contributed by atoms with van der Waals surface area (Å²) in [6.45, 7) is 0.274. The molecule has 0 saturated carbocycles. The Morgan fingerprint density at radius 1 is 0.943 bits per heavy atom. The van der Waals surface area contributed by atoms with Crippen LogP contribution in [0.15, 0.2) is 101 Å². The monoisotopic (exact) mass is 476 g/mol. The van der Waals surface area contributed by atoms with E-state index in [1.165, 1.54) is 12.3 Å². The van der Waals surface area contributed by atoms with Crippen LogP contribution in [-0.2, 0) is 19.2 Å². The zero-order valence-corrected chi connectivity index (χ0v) is 18.3. The molecule has 5 nitrogen and oxygen atoms in total. The molecule has 3 aromatic carbocycles. The van der Waals surface area contributed by atoms with Crippen LogP contribution in [0.25, 0.3) is 16.7 Å². The molecule has 2 aromatic heterocycles. The van der Waals surface area contributed by atoms with Gasteiger partial charge in [0.05, 0.1) is 29.1 Å². The van der Waals surface area contributed by atoms with E-state index in [1.807, 2.05) is 36.5 Å². The van der Waals surface area contributed by atoms with Crippen molar-refractivity contribution >= 4 is 11.0 Å². The second kappa shape index (κ2) is 9.13. The number of hydrogen-bond acceptors (Lipinski definition) is 4. The van der Waals surface area contributed by atoms with Crippen molar-refractivity contribution in [1.82, 2.24) is 9.78 Å². The van der Waals surface area contributed by atoms with Crippen LogP contribution in [0.2, 0.25) is 0 Å². The van der Waals surface area contributed by atoms with Crippen molar-refractivity contribution in [2.24, 2.45) is 0 Å². The lowest BCUT2D eigenvalue weighted by molar-refractivity contribution is -0.137. The van der Waals surface area contributed by atoms with Gasteiger partial charge in [-0.2, -0.15) is 18.3 Å². The Bertz CT molecular complexity index is 1540. The third-order valence-electron chi connectivity index (χ3n) is 5.53. The highest BCUT2D eigenvalue weighted by Gasteiger charge is 2.30.